The molecular weight excluding hydrogens is 343 g/mol. The zero-order valence-corrected chi connectivity index (χ0v) is 12.9. The first kappa shape index (κ1) is 17.2. The molecule has 25 heavy (non-hydrogen) atoms. The Morgan fingerprint density at radius 3 is 2.04 bits per heavy atom. The second kappa shape index (κ2) is 6.70. The van der Waals surface area contributed by atoms with Gasteiger partial charge in [0.05, 0.1) is 5.56 Å². The van der Waals surface area contributed by atoms with Gasteiger partial charge in [-0.25, -0.2) is 22.0 Å². The number of hydrogen-bond acceptors (Lipinski definition) is 2. The second-order valence-corrected chi connectivity index (χ2v) is 5.60. The molecule has 1 fully saturated rings. The van der Waals surface area contributed by atoms with E-state index >= 15 is 0 Å². The molecule has 132 valence electrons. The van der Waals surface area contributed by atoms with Crippen LogP contribution in [0.4, 0.5) is 27.6 Å². The molecule has 1 saturated heterocycles. The highest BCUT2D eigenvalue weighted by Gasteiger charge is 2.26. The van der Waals surface area contributed by atoms with Gasteiger partial charge in [-0.2, -0.15) is 0 Å². The molecule has 0 bridgehead atoms. The molecule has 0 saturated carbocycles. The van der Waals surface area contributed by atoms with Crippen molar-refractivity contribution < 1.29 is 26.7 Å². The molecule has 0 atom stereocenters. The lowest BCUT2D eigenvalue weighted by atomic mass is 10.1. The summed E-state index contributed by atoms with van der Waals surface area (Å²) in [5, 5.41) is 0. The SMILES string of the molecule is O=C(c1ccc(F)c(F)c1F)N1CCN(c2ccc(F)c(F)c2)CC1. The van der Waals surface area contributed by atoms with Crippen molar-refractivity contribution in [2.75, 3.05) is 31.1 Å². The quantitative estimate of drug-likeness (QED) is 0.609. The molecule has 8 heteroatoms. The number of carbonyl (C=O) groups excluding carboxylic acids is 1. The fourth-order valence-electron chi connectivity index (χ4n) is 2.71. The van der Waals surface area contributed by atoms with E-state index in [9.17, 15) is 26.7 Å². The van der Waals surface area contributed by atoms with E-state index in [-0.39, 0.29) is 13.1 Å². The molecule has 2 aromatic rings. The van der Waals surface area contributed by atoms with E-state index in [1.807, 2.05) is 0 Å². The number of benzene rings is 2. The summed E-state index contributed by atoms with van der Waals surface area (Å²) in [7, 11) is 0. The lowest BCUT2D eigenvalue weighted by molar-refractivity contribution is 0.0740. The molecule has 1 aliphatic rings. The topological polar surface area (TPSA) is 23.6 Å². The maximum Gasteiger partial charge on any atom is 0.257 e. The summed E-state index contributed by atoms with van der Waals surface area (Å²) in [5.74, 6) is -7.25. The summed E-state index contributed by atoms with van der Waals surface area (Å²) in [4.78, 5) is 15.3. The highest BCUT2D eigenvalue weighted by molar-refractivity contribution is 5.94. The summed E-state index contributed by atoms with van der Waals surface area (Å²) in [6.45, 7) is 0.969. The predicted octanol–water partition coefficient (Wildman–Crippen LogP) is 3.34. The average molecular weight is 356 g/mol. The Kier molecular flexibility index (Phi) is 4.61. The Morgan fingerprint density at radius 2 is 1.40 bits per heavy atom. The summed E-state index contributed by atoms with van der Waals surface area (Å²) >= 11 is 0. The number of nitrogens with zero attached hydrogens (tertiary/aromatic N) is 2. The zero-order chi connectivity index (χ0) is 18.1. The first-order chi connectivity index (χ1) is 11.9. The summed E-state index contributed by atoms with van der Waals surface area (Å²) < 4.78 is 66.3. The second-order valence-electron chi connectivity index (χ2n) is 5.60. The molecular formula is C17H13F5N2O. The lowest BCUT2D eigenvalue weighted by Gasteiger charge is -2.36. The third kappa shape index (κ3) is 3.29. The highest BCUT2D eigenvalue weighted by Crippen LogP contribution is 2.21. The van der Waals surface area contributed by atoms with Gasteiger partial charge in [-0.1, -0.05) is 0 Å². The van der Waals surface area contributed by atoms with Crippen molar-refractivity contribution in [3.63, 3.8) is 0 Å². The average Bonchev–Trinajstić information content (AvgIpc) is 2.62. The van der Waals surface area contributed by atoms with Gasteiger partial charge >= 0.3 is 0 Å². The van der Waals surface area contributed by atoms with Gasteiger partial charge in [0.1, 0.15) is 0 Å². The number of piperazine rings is 1. The van der Waals surface area contributed by atoms with Crippen molar-refractivity contribution in [3.8, 4) is 0 Å². The summed E-state index contributed by atoms with van der Waals surface area (Å²) in [5.41, 5.74) is -0.0785. The number of hydrogen-bond donors (Lipinski definition) is 0. The molecule has 3 nitrogen and oxygen atoms in total. The highest BCUT2D eigenvalue weighted by atomic mass is 19.2. The van der Waals surface area contributed by atoms with E-state index in [2.05, 4.69) is 0 Å². The van der Waals surface area contributed by atoms with Gasteiger partial charge in [-0.05, 0) is 24.3 Å². The van der Waals surface area contributed by atoms with Crippen LogP contribution >= 0.6 is 0 Å². The minimum absolute atomic E-state index is 0.177. The van der Waals surface area contributed by atoms with Crippen LogP contribution in [0.3, 0.4) is 0 Å². The predicted molar refractivity (Wildman–Crippen MR) is 80.8 cm³/mol. The zero-order valence-electron chi connectivity index (χ0n) is 12.9. The largest absolute Gasteiger partial charge is 0.368 e. The van der Waals surface area contributed by atoms with Gasteiger partial charge in [0.2, 0.25) is 0 Å². The number of rotatable bonds is 2. The Bertz CT molecular complexity index is 819. The number of anilines is 1. The number of carbonyl (C=O) groups is 1. The van der Waals surface area contributed by atoms with Crippen LogP contribution in [0.1, 0.15) is 10.4 Å². The van der Waals surface area contributed by atoms with Gasteiger partial charge in [-0.15, -0.1) is 0 Å². The number of halogens is 5. The van der Waals surface area contributed by atoms with Crippen LogP contribution in [0.15, 0.2) is 30.3 Å². The van der Waals surface area contributed by atoms with Crippen molar-refractivity contribution >= 4 is 11.6 Å². The van der Waals surface area contributed by atoms with E-state index in [1.165, 1.54) is 11.0 Å². The first-order valence-electron chi connectivity index (χ1n) is 7.51. The Labute approximate surface area is 140 Å². The van der Waals surface area contributed by atoms with E-state index in [0.29, 0.717) is 24.8 Å². The standard InChI is InChI=1S/C17H13F5N2O/c18-12-3-1-10(9-14(12)20)23-5-7-24(8-6-23)17(25)11-2-4-13(19)16(22)15(11)21/h1-4,9H,5-8H2. The van der Waals surface area contributed by atoms with E-state index in [1.54, 1.807) is 4.90 Å². The first-order valence-corrected chi connectivity index (χ1v) is 7.51. The maximum absolute atomic E-state index is 13.7. The molecule has 3 rings (SSSR count). The lowest BCUT2D eigenvalue weighted by Crippen LogP contribution is -2.49. The van der Waals surface area contributed by atoms with Crippen LogP contribution in [0, 0.1) is 29.1 Å². The Hall–Kier alpha value is -2.64. The smallest absolute Gasteiger partial charge is 0.257 e. The molecule has 0 radical (unpaired) electrons. The van der Waals surface area contributed by atoms with Crippen LogP contribution in [0.25, 0.3) is 0 Å². The molecule has 0 unspecified atom stereocenters. The van der Waals surface area contributed by atoms with Crippen LogP contribution in [-0.4, -0.2) is 37.0 Å². The molecule has 0 aromatic heterocycles. The maximum atomic E-state index is 13.7. The molecule has 0 N–H and O–H groups in total. The summed E-state index contributed by atoms with van der Waals surface area (Å²) in [6.07, 6.45) is 0. The van der Waals surface area contributed by atoms with Crippen molar-refractivity contribution in [1.82, 2.24) is 4.90 Å². The van der Waals surface area contributed by atoms with Crippen molar-refractivity contribution in [2.45, 2.75) is 0 Å². The fourth-order valence-corrected chi connectivity index (χ4v) is 2.71. The van der Waals surface area contributed by atoms with Gasteiger partial charge < -0.3 is 9.80 Å². The van der Waals surface area contributed by atoms with E-state index in [0.717, 1.165) is 18.2 Å². The minimum atomic E-state index is -1.69. The normalized spacial score (nSPS) is 14.8. The van der Waals surface area contributed by atoms with E-state index in [4.69, 9.17) is 0 Å². The fraction of sp³-hybridized carbons (Fsp3) is 0.235. The molecule has 0 aliphatic carbocycles. The van der Waals surface area contributed by atoms with Crippen LogP contribution in [0.2, 0.25) is 0 Å². The minimum Gasteiger partial charge on any atom is -0.368 e. The van der Waals surface area contributed by atoms with Gasteiger partial charge in [0, 0.05) is 37.9 Å². The van der Waals surface area contributed by atoms with Gasteiger partial charge in [-0.3, -0.25) is 4.79 Å². The molecule has 1 heterocycles. The third-order valence-corrected chi connectivity index (χ3v) is 4.10. The molecule has 1 amide bonds. The molecule has 2 aromatic carbocycles. The monoisotopic (exact) mass is 356 g/mol. The summed E-state index contributed by atoms with van der Waals surface area (Å²) in [6, 6.07) is 5.09. The van der Waals surface area contributed by atoms with Crippen molar-refractivity contribution in [1.29, 1.82) is 0 Å². The van der Waals surface area contributed by atoms with Crippen LogP contribution in [-0.2, 0) is 0 Å². The van der Waals surface area contributed by atoms with Crippen LogP contribution in [0.5, 0.6) is 0 Å². The van der Waals surface area contributed by atoms with E-state index < -0.39 is 40.6 Å². The Morgan fingerprint density at radius 1 is 0.760 bits per heavy atom. The molecule has 0 spiro atoms. The Balaban J connectivity index is 1.71. The van der Waals surface area contributed by atoms with Crippen molar-refractivity contribution in [2.24, 2.45) is 0 Å². The third-order valence-electron chi connectivity index (χ3n) is 4.10. The van der Waals surface area contributed by atoms with Crippen LogP contribution < -0.4 is 4.90 Å². The van der Waals surface area contributed by atoms with Gasteiger partial charge in [0.25, 0.3) is 5.91 Å². The number of amides is 1. The molecule has 1 aliphatic heterocycles. The van der Waals surface area contributed by atoms with Gasteiger partial charge in [0.15, 0.2) is 29.1 Å². The van der Waals surface area contributed by atoms with Crippen molar-refractivity contribution in [3.05, 3.63) is 65.0 Å².